The van der Waals surface area contributed by atoms with E-state index in [-0.39, 0.29) is 18.7 Å². The van der Waals surface area contributed by atoms with Crippen molar-refractivity contribution in [3.05, 3.63) is 22.0 Å². The van der Waals surface area contributed by atoms with Gasteiger partial charge in [-0.3, -0.25) is 9.59 Å². The number of halogens is 2. The lowest BCUT2D eigenvalue weighted by molar-refractivity contribution is -0.393. The van der Waals surface area contributed by atoms with Crippen molar-refractivity contribution in [3.63, 3.8) is 0 Å². The van der Waals surface area contributed by atoms with Crippen molar-refractivity contribution >= 4 is 17.8 Å². The van der Waals surface area contributed by atoms with E-state index in [1.54, 1.807) is 0 Å². The quantitative estimate of drug-likeness (QED) is 0.457. The number of hydrogen-bond donors (Lipinski definition) is 3. The Bertz CT molecular complexity index is 530. The maximum atomic E-state index is 13.5. The van der Waals surface area contributed by atoms with Gasteiger partial charge in [0.25, 0.3) is 5.91 Å². The van der Waals surface area contributed by atoms with Gasteiger partial charge in [-0.1, -0.05) is 4.98 Å². The van der Waals surface area contributed by atoms with Crippen molar-refractivity contribution < 1.29 is 23.3 Å². The number of imidazole rings is 1. The lowest BCUT2D eigenvalue weighted by Crippen LogP contribution is -2.42. The number of aromatic amines is 1. The Morgan fingerprint density at radius 3 is 2.70 bits per heavy atom. The molecule has 2 amide bonds. The minimum absolute atomic E-state index is 0.258. The van der Waals surface area contributed by atoms with E-state index in [1.807, 2.05) is 5.32 Å². The molecular formula is C9H11F2N5O4. The zero-order valence-electron chi connectivity index (χ0n) is 10.1. The Morgan fingerprint density at radius 2 is 2.20 bits per heavy atom. The van der Waals surface area contributed by atoms with Crippen LogP contribution in [-0.2, 0) is 16.0 Å². The van der Waals surface area contributed by atoms with E-state index in [0.29, 0.717) is 0 Å². The zero-order valence-corrected chi connectivity index (χ0v) is 10.1. The van der Waals surface area contributed by atoms with Gasteiger partial charge in [-0.05, 0) is 4.92 Å². The van der Waals surface area contributed by atoms with Crippen LogP contribution in [0.5, 0.6) is 0 Å². The molecule has 9 nitrogen and oxygen atoms in total. The second-order valence-electron chi connectivity index (χ2n) is 3.84. The first-order valence-electron chi connectivity index (χ1n) is 5.35. The van der Waals surface area contributed by atoms with Gasteiger partial charge in [0, 0.05) is 13.0 Å². The van der Waals surface area contributed by atoms with Crippen LogP contribution in [0.2, 0.25) is 0 Å². The minimum atomic E-state index is -3.79. The third kappa shape index (κ3) is 4.26. The van der Waals surface area contributed by atoms with Crippen LogP contribution in [0.3, 0.4) is 0 Å². The van der Waals surface area contributed by atoms with Gasteiger partial charge in [0.05, 0.1) is 6.42 Å². The smallest absolute Gasteiger partial charge is 0.390 e. The average Bonchev–Trinajstić information content (AvgIpc) is 2.76. The number of nitro groups is 1. The van der Waals surface area contributed by atoms with E-state index in [9.17, 15) is 28.5 Å². The van der Waals surface area contributed by atoms with Crippen molar-refractivity contribution in [1.29, 1.82) is 0 Å². The summed E-state index contributed by atoms with van der Waals surface area (Å²) >= 11 is 0. The SMILES string of the molecule is NC(=O)CCNC(=O)C(F)(F)Cc1cnc([N+](=O)[O-])[nH]1. The number of primary amides is 1. The molecule has 110 valence electrons. The molecule has 4 N–H and O–H groups in total. The largest absolute Gasteiger partial charge is 0.432 e. The van der Waals surface area contributed by atoms with Crippen LogP contribution in [-0.4, -0.2) is 39.2 Å². The Labute approximate surface area is 110 Å². The van der Waals surface area contributed by atoms with Crippen molar-refractivity contribution in [3.8, 4) is 0 Å². The standard InChI is InChI=1S/C9H11F2N5O4/c10-9(11,7(18)13-2-1-6(12)17)3-5-4-14-8(15-5)16(19)20/h4H,1-3H2,(H2,12,17)(H,13,18)(H,14,15). The van der Waals surface area contributed by atoms with E-state index in [2.05, 4.69) is 9.97 Å². The number of alkyl halides is 2. The van der Waals surface area contributed by atoms with E-state index in [0.717, 1.165) is 6.20 Å². The summed E-state index contributed by atoms with van der Waals surface area (Å²) < 4.78 is 27.0. The fourth-order valence-electron chi connectivity index (χ4n) is 1.28. The summed E-state index contributed by atoms with van der Waals surface area (Å²) in [5.74, 6) is -6.82. The van der Waals surface area contributed by atoms with Crippen LogP contribution in [0, 0.1) is 10.1 Å². The summed E-state index contributed by atoms with van der Waals surface area (Å²) in [6.07, 6.45) is -0.490. The fraction of sp³-hybridized carbons (Fsp3) is 0.444. The molecule has 0 aliphatic heterocycles. The summed E-state index contributed by atoms with van der Waals surface area (Å²) in [5.41, 5.74) is 4.53. The predicted octanol–water partition coefficient (Wildman–Crippen LogP) is -0.513. The van der Waals surface area contributed by atoms with Gasteiger partial charge < -0.3 is 21.2 Å². The molecule has 11 heteroatoms. The molecule has 0 saturated carbocycles. The van der Waals surface area contributed by atoms with Gasteiger partial charge in [0.2, 0.25) is 5.91 Å². The van der Waals surface area contributed by atoms with Crippen LogP contribution < -0.4 is 11.1 Å². The highest BCUT2D eigenvalue weighted by Gasteiger charge is 2.40. The van der Waals surface area contributed by atoms with Gasteiger partial charge in [-0.25, -0.2) is 4.98 Å². The maximum absolute atomic E-state index is 13.5. The van der Waals surface area contributed by atoms with E-state index < -0.39 is 35.0 Å². The Kier molecular flexibility index (Phi) is 4.67. The summed E-state index contributed by atoms with van der Waals surface area (Å²) in [5, 5.41) is 12.2. The van der Waals surface area contributed by atoms with E-state index in [1.165, 1.54) is 0 Å². The Morgan fingerprint density at radius 1 is 1.55 bits per heavy atom. The second-order valence-corrected chi connectivity index (χ2v) is 3.84. The van der Waals surface area contributed by atoms with Crippen LogP contribution in [0.25, 0.3) is 0 Å². The maximum Gasteiger partial charge on any atom is 0.432 e. The molecule has 0 spiro atoms. The fourth-order valence-corrected chi connectivity index (χ4v) is 1.28. The first-order valence-corrected chi connectivity index (χ1v) is 5.35. The molecule has 0 atom stereocenters. The molecule has 0 aliphatic carbocycles. The van der Waals surface area contributed by atoms with Crippen LogP contribution in [0.1, 0.15) is 12.1 Å². The summed E-state index contributed by atoms with van der Waals surface area (Å²) in [4.78, 5) is 36.4. The molecule has 1 aromatic rings. The van der Waals surface area contributed by atoms with Crippen molar-refractivity contribution in [1.82, 2.24) is 15.3 Å². The molecule has 0 radical (unpaired) electrons. The molecule has 20 heavy (non-hydrogen) atoms. The molecule has 0 aromatic carbocycles. The molecule has 0 unspecified atom stereocenters. The number of hydrogen-bond acceptors (Lipinski definition) is 5. The molecule has 0 saturated heterocycles. The highest BCUT2D eigenvalue weighted by molar-refractivity contribution is 5.84. The molecule has 1 aromatic heterocycles. The Hall–Kier alpha value is -2.59. The number of carbonyl (C=O) groups excluding carboxylic acids is 2. The monoisotopic (exact) mass is 291 g/mol. The highest BCUT2D eigenvalue weighted by atomic mass is 19.3. The third-order valence-corrected chi connectivity index (χ3v) is 2.19. The molecule has 0 bridgehead atoms. The Balaban J connectivity index is 2.60. The first-order chi connectivity index (χ1) is 9.22. The molecule has 0 aliphatic rings. The average molecular weight is 291 g/mol. The number of rotatable bonds is 7. The number of amides is 2. The number of nitrogens with two attached hydrogens (primary N) is 1. The topological polar surface area (TPSA) is 144 Å². The van der Waals surface area contributed by atoms with Crippen LogP contribution in [0.15, 0.2) is 6.20 Å². The molecule has 1 rings (SSSR count). The number of nitrogens with one attached hydrogen (secondary N) is 2. The van der Waals surface area contributed by atoms with Crippen molar-refractivity contribution in [2.75, 3.05) is 6.54 Å². The summed E-state index contributed by atoms with van der Waals surface area (Å²) in [7, 11) is 0. The predicted molar refractivity (Wildman–Crippen MR) is 60.7 cm³/mol. The summed E-state index contributed by atoms with van der Waals surface area (Å²) in [6.45, 7) is -0.313. The van der Waals surface area contributed by atoms with Gasteiger partial charge in [0.1, 0.15) is 11.9 Å². The van der Waals surface area contributed by atoms with Crippen LogP contribution >= 0.6 is 0 Å². The van der Waals surface area contributed by atoms with Crippen LogP contribution in [0.4, 0.5) is 14.7 Å². The lowest BCUT2D eigenvalue weighted by Gasteiger charge is -2.13. The first kappa shape index (κ1) is 15.5. The lowest BCUT2D eigenvalue weighted by atomic mass is 10.2. The normalized spacial score (nSPS) is 11.1. The molecule has 0 fully saturated rings. The number of H-pyrrole nitrogens is 1. The molecular weight excluding hydrogens is 280 g/mol. The summed E-state index contributed by atoms with van der Waals surface area (Å²) in [6, 6.07) is 0. The molecule has 1 heterocycles. The number of carbonyl (C=O) groups is 2. The highest BCUT2D eigenvalue weighted by Crippen LogP contribution is 2.20. The number of aromatic nitrogens is 2. The number of nitrogens with zero attached hydrogens (tertiary/aromatic N) is 2. The third-order valence-electron chi connectivity index (χ3n) is 2.19. The van der Waals surface area contributed by atoms with Crippen molar-refractivity contribution in [2.24, 2.45) is 5.73 Å². The van der Waals surface area contributed by atoms with Crippen molar-refractivity contribution in [2.45, 2.75) is 18.8 Å². The second kappa shape index (κ2) is 6.04. The van der Waals surface area contributed by atoms with Gasteiger partial charge in [-0.15, -0.1) is 0 Å². The van der Waals surface area contributed by atoms with E-state index in [4.69, 9.17) is 5.73 Å². The minimum Gasteiger partial charge on any atom is -0.390 e. The van der Waals surface area contributed by atoms with Gasteiger partial charge in [0.15, 0.2) is 0 Å². The zero-order chi connectivity index (χ0) is 15.3. The van der Waals surface area contributed by atoms with E-state index >= 15 is 0 Å². The van der Waals surface area contributed by atoms with Gasteiger partial charge in [-0.2, -0.15) is 8.78 Å². The van der Waals surface area contributed by atoms with Gasteiger partial charge >= 0.3 is 11.9 Å².